The van der Waals surface area contributed by atoms with Gasteiger partial charge in [-0.3, -0.25) is 0 Å². The molecule has 0 spiro atoms. The molecule has 0 fully saturated rings. The van der Waals surface area contributed by atoms with Gasteiger partial charge in [-0.25, -0.2) is 4.98 Å². The first-order valence-corrected chi connectivity index (χ1v) is 3.97. The van der Waals surface area contributed by atoms with Gasteiger partial charge in [-0.15, -0.1) is 0 Å². The first-order chi connectivity index (χ1) is 6.38. The average molecular weight is 177 g/mol. The summed E-state index contributed by atoms with van der Waals surface area (Å²) in [5.41, 5.74) is 0.610. The Morgan fingerprint density at radius 3 is 3.15 bits per heavy atom. The van der Waals surface area contributed by atoms with Gasteiger partial charge >= 0.3 is 0 Å². The molecule has 1 N–H and O–H groups in total. The minimum absolute atomic E-state index is 0.0716. The summed E-state index contributed by atoms with van der Waals surface area (Å²) in [6.07, 6.45) is 2.12. The SMILES string of the molecule is COc1cccnc1C#CCCO. The molecule has 3 heteroatoms. The summed E-state index contributed by atoms with van der Waals surface area (Å²) in [7, 11) is 1.58. The van der Waals surface area contributed by atoms with Crippen molar-refractivity contribution >= 4 is 0 Å². The van der Waals surface area contributed by atoms with Crippen LogP contribution in [-0.2, 0) is 0 Å². The van der Waals surface area contributed by atoms with Crippen LogP contribution in [0.4, 0.5) is 0 Å². The van der Waals surface area contributed by atoms with Crippen molar-refractivity contribution in [3.05, 3.63) is 24.0 Å². The number of methoxy groups -OCH3 is 1. The third-order valence-electron chi connectivity index (χ3n) is 1.43. The zero-order chi connectivity index (χ0) is 9.52. The number of rotatable bonds is 2. The molecular formula is C10H11NO2. The van der Waals surface area contributed by atoms with Crippen LogP contribution in [0.2, 0.25) is 0 Å². The van der Waals surface area contributed by atoms with E-state index in [-0.39, 0.29) is 6.61 Å². The number of aromatic nitrogens is 1. The minimum atomic E-state index is 0.0716. The van der Waals surface area contributed by atoms with E-state index < -0.39 is 0 Å². The molecular weight excluding hydrogens is 166 g/mol. The second kappa shape index (κ2) is 5.18. The van der Waals surface area contributed by atoms with Crippen molar-refractivity contribution in [1.29, 1.82) is 0 Å². The monoisotopic (exact) mass is 177 g/mol. The number of ether oxygens (including phenoxy) is 1. The number of aliphatic hydroxyl groups is 1. The number of pyridine rings is 1. The first kappa shape index (κ1) is 9.56. The summed E-state index contributed by atoms with van der Waals surface area (Å²) in [4.78, 5) is 4.04. The third-order valence-corrected chi connectivity index (χ3v) is 1.43. The van der Waals surface area contributed by atoms with E-state index in [2.05, 4.69) is 16.8 Å². The van der Waals surface area contributed by atoms with Gasteiger partial charge in [0.1, 0.15) is 0 Å². The van der Waals surface area contributed by atoms with Crippen LogP contribution in [0.25, 0.3) is 0 Å². The Morgan fingerprint density at radius 2 is 2.46 bits per heavy atom. The number of aliphatic hydroxyl groups excluding tert-OH is 1. The molecule has 1 rings (SSSR count). The first-order valence-electron chi connectivity index (χ1n) is 3.97. The highest BCUT2D eigenvalue weighted by atomic mass is 16.5. The van der Waals surface area contributed by atoms with Crippen LogP contribution in [0, 0.1) is 11.8 Å². The Kier molecular flexibility index (Phi) is 3.80. The fraction of sp³-hybridized carbons (Fsp3) is 0.300. The Balaban J connectivity index is 2.82. The highest BCUT2D eigenvalue weighted by Gasteiger charge is 1.97. The largest absolute Gasteiger partial charge is 0.494 e. The van der Waals surface area contributed by atoms with Crippen LogP contribution in [-0.4, -0.2) is 23.8 Å². The average Bonchev–Trinajstić information content (AvgIpc) is 2.19. The molecule has 0 aliphatic rings. The van der Waals surface area contributed by atoms with E-state index in [0.717, 1.165) is 0 Å². The lowest BCUT2D eigenvalue weighted by Crippen LogP contribution is -1.90. The molecule has 0 aliphatic carbocycles. The molecule has 0 unspecified atom stereocenters. The van der Waals surface area contributed by atoms with Crippen molar-refractivity contribution in [1.82, 2.24) is 4.98 Å². The fourth-order valence-corrected chi connectivity index (χ4v) is 0.851. The molecule has 0 radical (unpaired) electrons. The number of nitrogens with zero attached hydrogens (tertiary/aromatic N) is 1. The van der Waals surface area contributed by atoms with Crippen LogP contribution in [0.5, 0.6) is 5.75 Å². The van der Waals surface area contributed by atoms with E-state index in [1.807, 2.05) is 0 Å². The highest BCUT2D eigenvalue weighted by Crippen LogP contribution is 2.12. The molecule has 0 atom stereocenters. The molecule has 0 bridgehead atoms. The van der Waals surface area contributed by atoms with Crippen molar-refractivity contribution in [2.24, 2.45) is 0 Å². The molecule has 3 nitrogen and oxygen atoms in total. The summed E-state index contributed by atoms with van der Waals surface area (Å²) < 4.78 is 5.05. The van der Waals surface area contributed by atoms with Gasteiger partial charge in [-0.1, -0.05) is 5.92 Å². The van der Waals surface area contributed by atoms with Gasteiger partial charge in [-0.2, -0.15) is 0 Å². The maximum atomic E-state index is 8.52. The molecule has 0 aliphatic heterocycles. The Hall–Kier alpha value is -1.53. The van der Waals surface area contributed by atoms with Crippen molar-refractivity contribution in [3.8, 4) is 17.6 Å². The molecule has 1 aromatic heterocycles. The molecule has 1 aromatic rings. The summed E-state index contributed by atoms with van der Waals surface area (Å²) in [6.45, 7) is 0.0716. The van der Waals surface area contributed by atoms with Crippen LogP contribution < -0.4 is 4.74 Å². The number of hydrogen-bond donors (Lipinski definition) is 1. The lowest BCUT2D eigenvalue weighted by molar-refractivity contribution is 0.305. The lowest BCUT2D eigenvalue weighted by Gasteiger charge is -1.99. The van der Waals surface area contributed by atoms with Gasteiger partial charge in [0, 0.05) is 12.6 Å². The smallest absolute Gasteiger partial charge is 0.155 e. The molecule has 1 heterocycles. The van der Waals surface area contributed by atoms with Gasteiger partial charge in [0.2, 0.25) is 0 Å². The second-order valence-electron chi connectivity index (χ2n) is 2.33. The van der Waals surface area contributed by atoms with E-state index in [1.54, 1.807) is 25.4 Å². The van der Waals surface area contributed by atoms with Crippen LogP contribution in [0.15, 0.2) is 18.3 Å². The van der Waals surface area contributed by atoms with Crippen molar-refractivity contribution < 1.29 is 9.84 Å². The molecule has 0 amide bonds. The lowest BCUT2D eigenvalue weighted by atomic mass is 10.3. The summed E-state index contributed by atoms with van der Waals surface area (Å²) >= 11 is 0. The van der Waals surface area contributed by atoms with E-state index in [4.69, 9.17) is 9.84 Å². The zero-order valence-electron chi connectivity index (χ0n) is 7.45. The fourth-order valence-electron chi connectivity index (χ4n) is 0.851. The van der Waals surface area contributed by atoms with Gasteiger partial charge in [0.25, 0.3) is 0 Å². The van der Waals surface area contributed by atoms with Crippen molar-refractivity contribution in [2.45, 2.75) is 6.42 Å². The van der Waals surface area contributed by atoms with Crippen LogP contribution in [0.1, 0.15) is 12.1 Å². The maximum Gasteiger partial charge on any atom is 0.155 e. The number of hydrogen-bond acceptors (Lipinski definition) is 3. The van der Waals surface area contributed by atoms with Gasteiger partial charge in [0.05, 0.1) is 13.7 Å². The topological polar surface area (TPSA) is 42.4 Å². The normalized spacial score (nSPS) is 8.77. The van der Waals surface area contributed by atoms with Gasteiger partial charge in [-0.05, 0) is 18.1 Å². The molecule has 0 saturated heterocycles. The minimum Gasteiger partial charge on any atom is -0.494 e. The zero-order valence-corrected chi connectivity index (χ0v) is 7.45. The summed E-state index contributed by atoms with van der Waals surface area (Å²) in [5.74, 6) is 6.26. The van der Waals surface area contributed by atoms with E-state index >= 15 is 0 Å². The van der Waals surface area contributed by atoms with Crippen molar-refractivity contribution in [3.63, 3.8) is 0 Å². The molecule has 13 heavy (non-hydrogen) atoms. The summed E-state index contributed by atoms with van der Waals surface area (Å²) in [6, 6.07) is 3.59. The Labute approximate surface area is 77.4 Å². The predicted octanol–water partition coefficient (Wildman–Crippen LogP) is 0.824. The van der Waals surface area contributed by atoms with E-state index in [0.29, 0.717) is 17.9 Å². The molecule has 0 saturated carbocycles. The van der Waals surface area contributed by atoms with Crippen LogP contribution in [0.3, 0.4) is 0 Å². The molecule has 68 valence electrons. The summed E-state index contributed by atoms with van der Waals surface area (Å²) in [5, 5.41) is 8.52. The highest BCUT2D eigenvalue weighted by molar-refractivity contribution is 5.40. The van der Waals surface area contributed by atoms with E-state index in [9.17, 15) is 0 Å². The Bertz CT molecular complexity index is 325. The third kappa shape index (κ3) is 2.77. The van der Waals surface area contributed by atoms with Crippen LogP contribution >= 0.6 is 0 Å². The van der Waals surface area contributed by atoms with Gasteiger partial charge < -0.3 is 9.84 Å². The Morgan fingerprint density at radius 1 is 1.62 bits per heavy atom. The standard InChI is InChI=1S/C10H11NO2/c1-13-10-6-4-7-11-9(10)5-2-3-8-12/h4,6-7,12H,3,8H2,1H3. The second-order valence-corrected chi connectivity index (χ2v) is 2.33. The quantitative estimate of drug-likeness (QED) is 0.680. The van der Waals surface area contributed by atoms with Crippen molar-refractivity contribution in [2.75, 3.05) is 13.7 Å². The molecule has 0 aromatic carbocycles. The maximum absolute atomic E-state index is 8.52. The van der Waals surface area contributed by atoms with Gasteiger partial charge in [0.15, 0.2) is 11.4 Å². The predicted molar refractivity (Wildman–Crippen MR) is 49.4 cm³/mol. The van der Waals surface area contributed by atoms with E-state index in [1.165, 1.54) is 0 Å².